The Morgan fingerprint density at radius 3 is 2.15 bits per heavy atom. The first-order valence-corrected chi connectivity index (χ1v) is 5.78. The average molecular weight is 283 g/mol. The highest BCUT2D eigenvalue weighted by atomic mass is 19.2. The lowest BCUT2D eigenvalue weighted by Crippen LogP contribution is -2.54. The lowest BCUT2D eigenvalue weighted by atomic mass is 10.1. The van der Waals surface area contributed by atoms with Gasteiger partial charge in [-0.25, -0.2) is 14.1 Å². The second-order valence-electron chi connectivity index (χ2n) is 4.18. The van der Waals surface area contributed by atoms with Gasteiger partial charge in [0.2, 0.25) is 0 Å². The van der Waals surface area contributed by atoms with Crippen LogP contribution >= 0.6 is 0 Å². The Labute approximate surface area is 113 Å². The lowest BCUT2D eigenvalue weighted by molar-refractivity contribution is -0.165. The Kier molecular flexibility index (Phi) is 3.52. The van der Waals surface area contributed by atoms with Crippen molar-refractivity contribution in [3.8, 4) is 0 Å². The highest BCUT2D eigenvalue weighted by Crippen LogP contribution is 2.33. The van der Waals surface area contributed by atoms with Crippen LogP contribution in [0, 0.1) is 0 Å². The number of carbonyl (C=O) groups is 3. The summed E-state index contributed by atoms with van der Waals surface area (Å²) in [6, 6.07) is 5.67. The molecular formula is C13H11F2NO4. The SMILES string of the molecule is COC(=O)C(F)(CCF)N1C(=O)c2ccccc2C1=O. The molecule has 2 amide bonds. The van der Waals surface area contributed by atoms with Gasteiger partial charge in [0.15, 0.2) is 0 Å². The third kappa shape index (κ3) is 1.86. The number of hydrogen-bond donors (Lipinski definition) is 0. The molecule has 1 aromatic carbocycles. The number of methoxy groups -OCH3 is 1. The number of carbonyl (C=O) groups excluding carboxylic acids is 3. The van der Waals surface area contributed by atoms with E-state index in [-0.39, 0.29) is 16.0 Å². The first kappa shape index (κ1) is 14.1. The van der Waals surface area contributed by atoms with Crippen LogP contribution in [-0.4, -0.2) is 42.3 Å². The number of amides is 2. The monoisotopic (exact) mass is 283 g/mol. The van der Waals surface area contributed by atoms with Crippen LogP contribution in [0.25, 0.3) is 0 Å². The van der Waals surface area contributed by atoms with Crippen molar-refractivity contribution in [2.75, 3.05) is 13.8 Å². The predicted molar refractivity (Wildman–Crippen MR) is 63.4 cm³/mol. The molecule has 1 aromatic rings. The summed E-state index contributed by atoms with van der Waals surface area (Å²) in [5.74, 6) is -6.58. The number of fused-ring (bicyclic) bond motifs is 1. The zero-order chi connectivity index (χ0) is 14.9. The molecule has 0 radical (unpaired) electrons. The minimum atomic E-state index is -3.14. The van der Waals surface area contributed by atoms with Crippen molar-refractivity contribution in [2.24, 2.45) is 0 Å². The van der Waals surface area contributed by atoms with E-state index in [4.69, 9.17) is 0 Å². The van der Waals surface area contributed by atoms with Crippen LogP contribution in [0.1, 0.15) is 27.1 Å². The van der Waals surface area contributed by atoms with Crippen LogP contribution in [0.2, 0.25) is 0 Å². The van der Waals surface area contributed by atoms with Crippen molar-refractivity contribution in [3.05, 3.63) is 35.4 Å². The molecule has 0 bridgehead atoms. The normalized spacial score (nSPS) is 16.9. The summed E-state index contributed by atoms with van der Waals surface area (Å²) in [7, 11) is 0.896. The molecule has 0 N–H and O–H groups in total. The summed E-state index contributed by atoms with van der Waals surface area (Å²) >= 11 is 0. The minimum Gasteiger partial charge on any atom is -0.465 e. The topological polar surface area (TPSA) is 63.7 Å². The molecule has 2 rings (SSSR count). The molecule has 0 aromatic heterocycles. The molecule has 5 nitrogen and oxygen atoms in total. The molecule has 7 heteroatoms. The van der Waals surface area contributed by atoms with Gasteiger partial charge in [0.25, 0.3) is 17.6 Å². The molecule has 0 spiro atoms. The van der Waals surface area contributed by atoms with Gasteiger partial charge in [0.1, 0.15) is 0 Å². The minimum absolute atomic E-state index is 0.0257. The van der Waals surface area contributed by atoms with Gasteiger partial charge in [0, 0.05) is 6.42 Å². The second-order valence-corrected chi connectivity index (χ2v) is 4.18. The molecule has 0 saturated heterocycles. The zero-order valence-corrected chi connectivity index (χ0v) is 10.6. The Balaban J connectivity index is 2.50. The second kappa shape index (κ2) is 4.99. The van der Waals surface area contributed by atoms with E-state index in [2.05, 4.69) is 4.74 Å². The fourth-order valence-corrected chi connectivity index (χ4v) is 2.10. The van der Waals surface area contributed by atoms with Crippen LogP contribution in [0.4, 0.5) is 8.78 Å². The molecule has 20 heavy (non-hydrogen) atoms. The molecule has 1 heterocycles. The predicted octanol–water partition coefficient (Wildman–Crippen LogP) is 1.48. The van der Waals surface area contributed by atoms with Gasteiger partial charge in [0.05, 0.1) is 24.9 Å². The third-order valence-electron chi connectivity index (χ3n) is 3.07. The van der Waals surface area contributed by atoms with Crippen molar-refractivity contribution in [1.82, 2.24) is 4.90 Å². The fourth-order valence-electron chi connectivity index (χ4n) is 2.10. The lowest BCUT2D eigenvalue weighted by Gasteiger charge is -2.29. The standard InChI is InChI=1S/C13H11F2NO4/c1-20-12(19)13(15,6-7-14)16-10(17)8-4-2-3-5-9(8)11(16)18/h2-5H,6-7H2,1H3. The highest BCUT2D eigenvalue weighted by Gasteiger charge is 2.55. The van der Waals surface area contributed by atoms with Gasteiger partial charge in [-0.15, -0.1) is 0 Å². The van der Waals surface area contributed by atoms with E-state index in [0.29, 0.717) is 0 Å². The molecule has 1 aliphatic rings. The van der Waals surface area contributed by atoms with E-state index < -0.39 is 36.7 Å². The van der Waals surface area contributed by atoms with Crippen LogP contribution in [-0.2, 0) is 9.53 Å². The van der Waals surface area contributed by atoms with E-state index in [1.165, 1.54) is 24.3 Å². The summed E-state index contributed by atoms with van der Waals surface area (Å²) < 4.78 is 31.5. The van der Waals surface area contributed by atoms with Gasteiger partial charge >= 0.3 is 5.97 Å². The average Bonchev–Trinajstić information content (AvgIpc) is 2.71. The molecule has 106 valence electrons. The molecule has 0 aliphatic carbocycles. The summed E-state index contributed by atoms with van der Waals surface area (Å²) in [6.45, 7) is -1.22. The first-order chi connectivity index (χ1) is 9.47. The highest BCUT2D eigenvalue weighted by molar-refractivity contribution is 6.23. The summed E-state index contributed by atoms with van der Waals surface area (Å²) in [4.78, 5) is 35.8. The molecular weight excluding hydrogens is 272 g/mol. The van der Waals surface area contributed by atoms with Gasteiger partial charge in [-0.3, -0.25) is 14.0 Å². The maximum atomic E-state index is 14.7. The Hall–Kier alpha value is -2.31. The zero-order valence-electron chi connectivity index (χ0n) is 10.6. The van der Waals surface area contributed by atoms with Gasteiger partial charge in [-0.2, -0.15) is 0 Å². The van der Waals surface area contributed by atoms with Crippen LogP contribution in [0.3, 0.4) is 0 Å². The number of halogens is 2. The number of esters is 1. The smallest absolute Gasteiger partial charge is 0.365 e. The number of imide groups is 1. The van der Waals surface area contributed by atoms with Gasteiger partial charge < -0.3 is 4.74 Å². The number of nitrogens with zero attached hydrogens (tertiary/aromatic N) is 1. The summed E-state index contributed by atoms with van der Waals surface area (Å²) in [6.07, 6.45) is -0.967. The number of benzene rings is 1. The van der Waals surface area contributed by atoms with Crippen LogP contribution < -0.4 is 0 Å². The van der Waals surface area contributed by atoms with E-state index in [0.717, 1.165) is 7.11 Å². The Morgan fingerprint density at radius 2 is 1.75 bits per heavy atom. The van der Waals surface area contributed by atoms with E-state index in [1.54, 1.807) is 0 Å². The number of rotatable bonds is 4. The quantitative estimate of drug-likeness (QED) is 0.477. The van der Waals surface area contributed by atoms with Crippen molar-refractivity contribution in [3.63, 3.8) is 0 Å². The number of ether oxygens (including phenoxy) is 1. The van der Waals surface area contributed by atoms with Crippen LogP contribution in [0.5, 0.6) is 0 Å². The Bertz CT molecular complexity index is 554. The van der Waals surface area contributed by atoms with Crippen LogP contribution in [0.15, 0.2) is 24.3 Å². The largest absolute Gasteiger partial charge is 0.465 e. The number of alkyl halides is 2. The molecule has 1 aliphatic heterocycles. The molecule has 1 unspecified atom stereocenters. The maximum Gasteiger partial charge on any atom is 0.365 e. The van der Waals surface area contributed by atoms with Gasteiger partial charge in [-0.1, -0.05) is 12.1 Å². The third-order valence-corrected chi connectivity index (χ3v) is 3.07. The van der Waals surface area contributed by atoms with E-state index in [9.17, 15) is 23.2 Å². The first-order valence-electron chi connectivity index (χ1n) is 5.78. The number of hydrogen-bond acceptors (Lipinski definition) is 4. The summed E-state index contributed by atoms with van der Waals surface area (Å²) in [5, 5.41) is 0. The summed E-state index contributed by atoms with van der Waals surface area (Å²) in [5.41, 5.74) is -0.0513. The molecule has 0 fully saturated rings. The Morgan fingerprint density at radius 1 is 1.25 bits per heavy atom. The van der Waals surface area contributed by atoms with Crippen molar-refractivity contribution < 1.29 is 27.9 Å². The molecule has 1 atom stereocenters. The van der Waals surface area contributed by atoms with E-state index in [1.807, 2.05) is 0 Å². The van der Waals surface area contributed by atoms with Crippen molar-refractivity contribution in [2.45, 2.75) is 12.2 Å². The molecule has 0 saturated carbocycles. The van der Waals surface area contributed by atoms with Gasteiger partial charge in [-0.05, 0) is 12.1 Å². The van der Waals surface area contributed by atoms with Crippen molar-refractivity contribution in [1.29, 1.82) is 0 Å². The maximum absolute atomic E-state index is 14.7. The fraction of sp³-hybridized carbons (Fsp3) is 0.308. The van der Waals surface area contributed by atoms with E-state index >= 15 is 0 Å². The van der Waals surface area contributed by atoms with Crippen molar-refractivity contribution >= 4 is 17.8 Å².